The molecule has 0 spiro atoms. The maximum atomic E-state index is 12.8. The SMILES string of the molecule is CC1CN(C)CCCN1C(=O)c1ccc2c(c1)CNCC2. The molecule has 1 saturated heterocycles. The molecule has 1 amide bonds. The van der Waals surface area contributed by atoms with E-state index in [0.717, 1.165) is 51.1 Å². The van der Waals surface area contributed by atoms with Crippen molar-refractivity contribution < 1.29 is 4.79 Å². The van der Waals surface area contributed by atoms with Gasteiger partial charge in [-0.25, -0.2) is 0 Å². The maximum Gasteiger partial charge on any atom is 0.254 e. The van der Waals surface area contributed by atoms with Gasteiger partial charge in [-0.05, 0) is 63.2 Å². The number of likely N-dealkylation sites (N-methyl/N-ethyl adjacent to an activating group) is 1. The first-order valence-electron chi connectivity index (χ1n) is 7.97. The molecule has 1 aromatic rings. The second-order valence-electron chi connectivity index (χ2n) is 6.37. The van der Waals surface area contributed by atoms with Gasteiger partial charge in [0, 0.05) is 31.2 Å². The molecule has 21 heavy (non-hydrogen) atoms. The Morgan fingerprint density at radius 3 is 3.00 bits per heavy atom. The molecule has 1 fully saturated rings. The molecule has 114 valence electrons. The van der Waals surface area contributed by atoms with Crippen LogP contribution in [0.25, 0.3) is 0 Å². The minimum absolute atomic E-state index is 0.186. The van der Waals surface area contributed by atoms with Crippen molar-refractivity contribution in [2.45, 2.75) is 32.4 Å². The van der Waals surface area contributed by atoms with Crippen LogP contribution in [0.15, 0.2) is 18.2 Å². The summed E-state index contributed by atoms with van der Waals surface area (Å²) >= 11 is 0. The van der Waals surface area contributed by atoms with E-state index < -0.39 is 0 Å². The van der Waals surface area contributed by atoms with Crippen LogP contribution < -0.4 is 5.32 Å². The van der Waals surface area contributed by atoms with Crippen LogP contribution in [0.1, 0.15) is 34.8 Å². The molecule has 0 bridgehead atoms. The minimum Gasteiger partial charge on any atom is -0.335 e. The largest absolute Gasteiger partial charge is 0.335 e. The van der Waals surface area contributed by atoms with Crippen LogP contribution in [0.5, 0.6) is 0 Å². The molecule has 0 aromatic heterocycles. The third-order valence-corrected chi connectivity index (χ3v) is 4.65. The van der Waals surface area contributed by atoms with E-state index in [2.05, 4.69) is 36.3 Å². The summed E-state index contributed by atoms with van der Waals surface area (Å²) in [6.07, 6.45) is 2.12. The van der Waals surface area contributed by atoms with Gasteiger partial charge in [-0.15, -0.1) is 0 Å². The topological polar surface area (TPSA) is 35.6 Å². The third kappa shape index (κ3) is 3.11. The zero-order valence-corrected chi connectivity index (χ0v) is 13.1. The van der Waals surface area contributed by atoms with Gasteiger partial charge in [0.25, 0.3) is 5.91 Å². The van der Waals surface area contributed by atoms with Crippen LogP contribution in [0.2, 0.25) is 0 Å². The predicted molar refractivity (Wildman–Crippen MR) is 84.5 cm³/mol. The highest BCUT2D eigenvalue weighted by Gasteiger charge is 2.25. The average molecular weight is 287 g/mol. The van der Waals surface area contributed by atoms with Crippen molar-refractivity contribution in [1.82, 2.24) is 15.1 Å². The molecule has 1 unspecified atom stereocenters. The van der Waals surface area contributed by atoms with Gasteiger partial charge in [0.1, 0.15) is 0 Å². The molecule has 2 aliphatic heterocycles. The van der Waals surface area contributed by atoms with Crippen molar-refractivity contribution in [3.63, 3.8) is 0 Å². The van der Waals surface area contributed by atoms with Crippen LogP contribution in [0, 0.1) is 0 Å². The van der Waals surface area contributed by atoms with Gasteiger partial charge in [0.15, 0.2) is 0 Å². The van der Waals surface area contributed by atoms with Crippen LogP contribution in [0.4, 0.5) is 0 Å². The first kappa shape index (κ1) is 14.5. The van der Waals surface area contributed by atoms with Gasteiger partial charge >= 0.3 is 0 Å². The van der Waals surface area contributed by atoms with E-state index in [-0.39, 0.29) is 11.9 Å². The quantitative estimate of drug-likeness (QED) is 0.850. The molecule has 3 rings (SSSR count). The Kier molecular flexibility index (Phi) is 4.27. The van der Waals surface area contributed by atoms with E-state index in [1.165, 1.54) is 11.1 Å². The van der Waals surface area contributed by atoms with Gasteiger partial charge in [-0.3, -0.25) is 4.79 Å². The van der Waals surface area contributed by atoms with E-state index in [9.17, 15) is 4.79 Å². The predicted octanol–water partition coefficient (Wildman–Crippen LogP) is 1.50. The molecule has 0 radical (unpaired) electrons. The van der Waals surface area contributed by atoms with Crippen LogP contribution >= 0.6 is 0 Å². The number of carbonyl (C=O) groups is 1. The maximum absolute atomic E-state index is 12.8. The first-order valence-corrected chi connectivity index (χ1v) is 7.97. The van der Waals surface area contributed by atoms with Crippen molar-refractivity contribution in [3.8, 4) is 0 Å². The van der Waals surface area contributed by atoms with Crippen molar-refractivity contribution in [1.29, 1.82) is 0 Å². The molecular weight excluding hydrogens is 262 g/mol. The van der Waals surface area contributed by atoms with Gasteiger partial charge in [0.2, 0.25) is 0 Å². The Morgan fingerprint density at radius 2 is 2.14 bits per heavy atom. The molecule has 0 aliphatic carbocycles. The molecular formula is C17H25N3O. The molecule has 4 heteroatoms. The fourth-order valence-corrected chi connectivity index (χ4v) is 3.45. The Labute approximate surface area is 127 Å². The summed E-state index contributed by atoms with van der Waals surface area (Å²) in [5.41, 5.74) is 3.51. The highest BCUT2D eigenvalue weighted by atomic mass is 16.2. The van der Waals surface area contributed by atoms with E-state index in [0.29, 0.717) is 0 Å². The molecule has 1 N–H and O–H groups in total. The van der Waals surface area contributed by atoms with Crippen molar-refractivity contribution in [2.75, 3.05) is 33.2 Å². The number of amides is 1. The van der Waals surface area contributed by atoms with Crippen molar-refractivity contribution >= 4 is 5.91 Å². The highest BCUT2D eigenvalue weighted by Crippen LogP contribution is 2.19. The number of rotatable bonds is 1. The normalized spacial score (nSPS) is 23.5. The molecule has 4 nitrogen and oxygen atoms in total. The van der Waals surface area contributed by atoms with Crippen molar-refractivity contribution in [3.05, 3.63) is 34.9 Å². The van der Waals surface area contributed by atoms with E-state index in [4.69, 9.17) is 0 Å². The summed E-state index contributed by atoms with van der Waals surface area (Å²) in [4.78, 5) is 17.2. The number of fused-ring (bicyclic) bond motifs is 1. The minimum atomic E-state index is 0.186. The summed E-state index contributed by atoms with van der Waals surface area (Å²) < 4.78 is 0. The number of nitrogens with one attached hydrogen (secondary N) is 1. The van der Waals surface area contributed by atoms with E-state index >= 15 is 0 Å². The second kappa shape index (κ2) is 6.16. The van der Waals surface area contributed by atoms with E-state index in [1.54, 1.807) is 0 Å². The summed E-state index contributed by atoms with van der Waals surface area (Å²) in [7, 11) is 2.13. The first-order chi connectivity index (χ1) is 10.1. The van der Waals surface area contributed by atoms with Gasteiger partial charge < -0.3 is 15.1 Å². The van der Waals surface area contributed by atoms with Gasteiger partial charge in [-0.1, -0.05) is 6.07 Å². The Hall–Kier alpha value is -1.39. The van der Waals surface area contributed by atoms with Crippen LogP contribution in [-0.2, 0) is 13.0 Å². The lowest BCUT2D eigenvalue weighted by Crippen LogP contribution is -2.42. The number of hydrogen-bond donors (Lipinski definition) is 1. The summed E-state index contributed by atoms with van der Waals surface area (Å²) in [5.74, 6) is 0.186. The monoisotopic (exact) mass is 287 g/mol. The number of hydrogen-bond acceptors (Lipinski definition) is 3. The standard InChI is InChI=1S/C17H25N3O/c1-13-12-19(2)8-3-9-20(13)17(21)15-5-4-14-6-7-18-11-16(14)10-15/h4-5,10,13,18H,3,6-9,11-12H2,1-2H3. The fraction of sp³-hybridized carbons (Fsp3) is 0.588. The molecule has 1 atom stereocenters. The number of nitrogens with zero attached hydrogens (tertiary/aromatic N) is 2. The zero-order valence-electron chi connectivity index (χ0n) is 13.1. The Balaban J connectivity index is 1.81. The molecule has 1 aromatic carbocycles. The molecule has 0 saturated carbocycles. The smallest absolute Gasteiger partial charge is 0.254 e. The number of carbonyl (C=O) groups excluding carboxylic acids is 1. The van der Waals surface area contributed by atoms with E-state index in [1.807, 2.05) is 11.0 Å². The lowest BCUT2D eigenvalue weighted by atomic mass is 9.98. The highest BCUT2D eigenvalue weighted by molar-refractivity contribution is 5.94. The second-order valence-corrected chi connectivity index (χ2v) is 6.37. The third-order valence-electron chi connectivity index (χ3n) is 4.65. The van der Waals surface area contributed by atoms with Gasteiger partial charge in [0.05, 0.1) is 0 Å². The average Bonchev–Trinajstić information content (AvgIpc) is 2.66. The van der Waals surface area contributed by atoms with Crippen LogP contribution in [0.3, 0.4) is 0 Å². The van der Waals surface area contributed by atoms with Gasteiger partial charge in [-0.2, -0.15) is 0 Å². The Morgan fingerprint density at radius 1 is 1.29 bits per heavy atom. The van der Waals surface area contributed by atoms with Crippen molar-refractivity contribution in [2.24, 2.45) is 0 Å². The molecule has 2 heterocycles. The number of benzene rings is 1. The summed E-state index contributed by atoms with van der Waals surface area (Å²) in [6, 6.07) is 6.51. The fourth-order valence-electron chi connectivity index (χ4n) is 3.45. The zero-order chi connectivity index (χ0) is 14.8. The summed E-state index contributed by atoms with van der Waals surface area (Å²) in [5, 5.41) is 3.38. The summed E-state index contributed by atoms with van der Waals surface area (Å²) in [6.45, 7) is 6.96. The molecule has 2 aliphatic rings. The van der Waals surface area contributed by atoms with Crippen LogP contribution in [-0.4, -0.2) is 55.0 Å². The lowest BCUT2D eigenvalue weighted by molar-refractivity contribution is 0.0696. The lowest BCUT2D eigenvalue weighted by Gasteiger charge is -2.28. The Bertz CT molecular complexity index is 529.